The van der Waals surface area contributed by atoms with Gasteiger partial charge in [0.05, 0.1) is 0 Å². The molecule has 2 rings (SSSR count). The van der Waals surface area contributed by atoms with Crippen molar-refractivity contribution in [1.29, 1.82) is 0 Å². The third kappa shape index (κ3) is 3.70. The minimum atomic E-state index is -0.118. The second-order valence-corrected chi connectivity index (χ2v) is 4.74. The van der Waals surface area contributed by atoms with Crippen molar-refractivity contribution in [2.24, 2.45) is 0 Å². The summed E-state index contributed by atoms with van der Waals surface area (Å²) in [4.78, 5) is 22.5. The van der Waals surface area contributed by atoms with Crippen LogP contribution in [0.15, 0.2) is 36.7 Å². The van der Waals surface area contributed by atoms with Crippen molar-refractivity contribution in [2.75, 3.05) is 23.3 Å². The highest BCUT2D eigenvalue weighted by atomic mass is 35.5. The van der Waals surface area contributed by atoms with Crippen molar-refractivity contribution in [1.82, 2.24) is 9.97 Å². The average Bonchev–Trinajstić information content (AvgIpc) is 2.49. The molecule has 0 aromatic carbocycles. The summed E-state index contributed by atoms with van der Waals surface area (Å²) in [6.07, 6.45) is 3.32. The Balaban J connectivity index is 2.34. The standard InChI is InChI=1S/C15H17ClN4O/c1-3-18-14-10-11(9-13(16)19-14)15(21)20(4-2)12-5-7-17-8-6-12/h5-10H,3-4H2,1-2H3,(H,18,19). The van der Waals surface area contributed by atoms with Crippen molar-refractivity contribution in [3.63, 3.8) is 0 Å². The van der Waals surface area contributed by atoms with Gasteiger partial charge in [-0.3, -0.25) is 9.78 Å². The molecule has 0 aliphatic heterocycles. The van der Waals surface area contributed by atoms with Gasteiger partial charge in [0, 0.05) is 36.7 Å². The number of carbonyl (C=O) groups is 1. The van der Waals surface area contributed by atoms with E-state index in [1.807, 2.05) is 13.8 Å². The fraction of sp³-hybridized carbons (Fsp3) is 0.267. The van der Waals surface area contributed by atoms with E-state index in [0.29, 0.717) is 29.6 Å². The number of hydrogen-bond donors (Lipinski definition) is 1. The molecule has 2 aromatic heterocycles. The average molecular weight is 305 g/mol. The first kappa shape index (κ1) is 15.3. The maximum Gasteiger partial charge on any atom is 0.258 e. The molecule has 0 aliphatic rings. The lowest BCUT2D eigenvalue weighted by atomic mass is 10.2. The van der Waals surface area contributed by atoms with Crippen molar-refractivity contribution >= 4 is 29.0 Å². The number of amides is 1. The first-order chi connectivity index (χ1) is 10.2. The maximum absolute atomic E-state index is 12.7. The van der Waals surface area contributed by atoms with E-state index >= 15 is 0 Å². The van der Waals surface area contributed by atoms with E-state index in [2.05, 4.69) is 15.3 Å². The summed E-state index contributed by atoms with van der Waals surface area (Å²) in [5.41, 5.74) is 1.31. The molecule has 0 bridgehead atoms. The van der Waals surface area contributed by atoms with Crippen LogP contribution in [0.1, 0.15) is 24.2 Å². The Labute approximate surface area is 129 Å². The number of rotatable bonds is 5. The van der Waals surface area contributed by atoms with E-state index in [9.17, 15) is 4.79 Å². The zero-order valence-electron chi connectivity index (χ0n) is 12.0. The van der Waals surface area contributed by atoms with E-state index in [1.165, 1.54) is 0 Å². The van der Waals surface area contributed by atoms with Crippen LogP contribution in [-0.4, -0.2) is 29.0 Å². The molecule has 0 saturated heterocycles. The molecule has 0 radical (unpaired) electrons. The molecular formula is C15H17ClN4O. The number of nitrogens with one attached hydrogen (secondary N) is 1. The summed E-state index contributed by atoms with van der Waals surface area (Å²) in [6.45, 7) is 5.15. The zero-order chi connectivity index (χ0) is 15.2. The van der Waals surface area contributed by atoms with E-state index in [4.69, 9.17) is 11.6 Å². The summed E-state index contributed by atoms with van der Waals surface area (Å²) < 4.78 is 0. The van der Waals surface area contributed by atoms with Gasteiger partial charge in [0.2, 0.25) is 0 Å². The second-order valence-electron chi connectivity index (χ2n) is 4.35. The highest BCUT2D eigenvalue weighted by molar-refractivity contribution is 6.30. The summed E-state index contributed by atoms with van der Waals surface area (Å²) in [5, 5.41) is 3.36. The van der Waals surface area contributed by atoms with Gasteiger partial charge in [-0.25, -0.2) is 4.98 Å². The summed E-state index contributed by atoms with van der Waals surface area (Å²) in [5.74, 6) is 0.478. The van der Waals surface area contributed by atoms with Gasteiger partial charge in [-0.2, -0.15) is 0 Å². The van der Waals surface area contributed by atoms with Crippen molar-refractivity contribution in [2.45, 2.75) is 13.8 Å². The van der Waals surface area contributed by atoms with Crippen LogP contribution in [0.2, 0.25) is 5.15 Å². The minimum Gasteiger partial charge on any atom is -0.370 e. The quantitative estimate of drug-likeness (QED) is 0.862. The number of halogens is 1. The van der Waals surface area contributed by atoms with Gasteiger partial charge in [-0.05, 0) is 38.1 Å². The second kappa shape index (κ2) is 7.04. The van der Waals surface area contributed by atoms with Gasteiger partial charge < -0.3 is 10.2 Å². The van der Waals surface area contributed by atoms with Gasteiger partial charge in [0.25, 0.3) is 5.91 Å². The zero-order valence-corrected chi connectivity index (χ0v) is 12.8. The normalized spacial score (nSPS) is 10.2. The van der Waals surface area contributed by atoms with Gasteiger partial charge in [-0.1, -0.05) is 11.6 Å². The van der Waals surface area contributed by atoms with Gasteiger partial charge in [0.15, 0.2) is 0 Å². The van der Waals surface area contributed by atoms with Gasteiger partial charge in [-0.15, -0.1) is 0 Å². The molecule has 0 unspecified atom stereocenters. The highest BCUT2D eigenvalue weighted by Gasteiger charge is 2.17. The first-order valence-electron chi connectivity index (χ1n) is 6.79. The number of aromatic nitrogens is 2. The van der Waals surface area contributed by atoms with Crippen molar-refractivity contribution in [3.8, 4) is 0 Å². The Morgan fingerprint density at radius 1 is 1.29 bits per heavy atom. The molecule has 0 aliphatic carbocycles. The smallest absolute Gasteiger partial charge is 0.258 e. The van der Waals surface area contributed by atoms with E-state index in [-0.39, 0.29) is 5.91 Å². The number of hydrogen-bond acceptors (Lipinski definition) is 4. The van der Waals surface area contributed by atoms with Gasteiger partial charge in [0.1, 0.15) is 11.0 Å². The lowest BCUT2D eigenvalue weighted by Crippen LogP contribution is -2.30. The summed E-state index contributed by atoms with van der Waals surface area (Å²) in [6, 6.07) is 6.89. The Hall–Kier alpha value is -2.14. The molecule has 21 heavy (non-hydrogen) atoms. The van der Waals surface area contributed by atoms with Crippen LogP contribution >= 0.6 is 11.6 Å². The van der Waals surface area contributed by atoms with Crippen LogP contribution in [0, 0.1) is 0 Å². The molecule has 0 atom stereocenters. The molecular weight excluding hydrogens is 288 g/mol. The number of pyridine rings is 2. The SMILES string of the molecule is CCNc1cc(C(=O)N(CC)c2ccncc2)cc(Cl)n1. The molecule has 2 heterocycles. The van der Waals surface area contributed by atoms with Crippen LogP contribution < -0.4 is 10.2 Å². The van der Waals surface area contributed by atoms with Crippen LogP contribution in [0.4, 0.5) is 11.5 Å². The minimum absolute atomic E-state index is 0.118. The monoisotopic (exact) mass is 304 g/mol. The molecule has 0 spiro atoms. The van der Waals surface area contributed by atoms with Crippen LogP contribution in [0.5, 0.6) is 0 Å². The Bertz CT molecular complexity index is 618. The molecule has 110 valence electrons. The highest BCUT2D eigenvalue weighted by Crippen LogP contribution is 2.20. The first-order valence-corrected chi connectivity index (χ1v) is 7.16. The van der Waals surface area contributed by atoms with E-state index in [1.54, 1.807) is 41.6 Å². The molecule has 1 N–H and O–H groups in total. The predicted molar refractivity (Wildman–Crippen MR) is 85.0 cm³/mol. The fourth-order valence-electron chi connectivity index (χ4n) is 2.02. The van der Waals surface area contributed by atoms with Crippen LogP contribution in [0.3, 0.4) is 0 Å². The lowest BCUT2D eigenvalue weighted by molar-refractivity contribution is 0.0988. The molecule has 1 amide bonds. The Morgan fingerprint density at radius 3 is 2.62 bits per heavy atom. The van der Waals surface area contributed by atoms with E-state index < -0.39 is 0 Å². The third-order valence-corrected chi connectivity index (χ3v) is 3.13. The predicted octanol–water partition coefficient (Wildman–Crippen LogP) is 3.23. The van der Waals surface area contributed by atoms with Gasteiger partial charge >= 0.3 is 0 Å². The number of carbonyl (C=O) groups excluding carboxylic acids is 1. The van der Waals surface area contributed by atoms with Crippen LogP contribution in [0.25, 0.3) is 0 Å². The summed E-state index contributed by atoms with van der Waals surface area (Å²) >= 11 is 5.99. The molecule has 0 fully saturated rings. The molecule has 2 aromatic rings. The topological polar surface area (TPSA) is 58.1 Å². The van der Waals surface area contributed by atoms with Crippen LogP contribution in [-0.2, 0) is 0 Å². The fourth-order valence-corrected chi connectivity index (χ4v) is 2.22. The maximum atomic E-state index is 12.7. The number of nitrogens with zero attached hydrogens (tertiary/aromatic N) is 3. The number of anilines is 2. The van der Waals surface area contributed by atoms with Crippen molar-refractivity contribution in [3.05, 3.63) is 47.4 Å². The Morgan fingerprint density at radius 2 is 2.00 bits per heavy atom. The molecule has 0 saturated carbocycles. The lowest BCUT2D eigenvalue weighted by Gasteiger charge is -2.21. The molecule has 6 heteroatoms. The largest absolute Gasteiger partial charge is 0.370 e. The van der Waals surface area contributed by atoms with E-state index in [0.717, 1.165) is 5.69 Å². The Kier molecular flexibility index (Phi) is 5.11. The summed E-state index contributed by atoms with van der Waals surface area (Å²) in [7, 11) is 0. The van der Waals surface area contributed by atoms with Crippen molar-refractivity contribution < 1.29 is 4.79 Å². The molecule has 5 nitrogen and oxygen atoms in total. The third-order valence-electron chi connectivity index (χ3n) is 2.93.